The van der Waals surface area contributed by atoms with Gasteiger partial charge in [-0.2, -0.15) is 0 Å². The SMILES string of the molecule is CC1(C)CC1(N)c1cc(Cl)ccc1Br. The van der Waals surface area contributed by atoms with E-state index in [2.05, 4.69) is 29.8 Å². The summed E-state index contributed by atoms with van der Waals surface area (Å²) in [6, 6.07) is 5.79. The van der Waals surface area contributed by atoms with Crippen LogP contribution in [0.2, 0.25) is 5.02 Å². The summed E-state index contributed by atoms with van der Waals surface area (Å²) in [6.07, 6.45) is 1.01. The summed E-state index contributed by atoms with van der Waals surface area (Å²) in [5, 5.41) is 0.746. The lowest BCUT2D eigenvalue weighted by Gasteiger charge is -2.17. The third-order valence-electron chi connectivity index (χ3n) is 3.21. The minimum absolute atomic E-state index is 0.181. The van der Waals surface area contributed by atoms with Gasteiger partial charge in [-0.05, 0) is 35.6 Å². The van der Waals surface area contributed by atoms with Gasteiger partial charge in [0, 0.05) is 15.0 Å². The zero-order valence-corrected chi connectivity index (χ0v) is 10.6. The van der Waals surface area contributed by atoms with E-state index in [1.54, 1.807) is 0 Å². The summed E-state index contributed by atoms with van der Waals surface area (Å²) in [4.78, 5) is 0. The Morgan fingerprint density at radius 3 is 2.50 bits per heavy atom. The average Bonchev–Trinajstić information content (AvgIpc) is 2.58. The van der Waals surface area contributed by atoms with Crippen LogP contribution in [0.25, 0.3) is 0 Å². The predicted molar refractivity (Wildman–Crippen MR) is 63.4 cm³/mol. The van der Waals surface area contributed by atoms with Crippen molar-refractivity contribution in [3.05, 3.63) is 33.3 Å². The van der Waals surface area contributed by atoms with Gasteiger partial charge in [0.25, 0.3) is 0 Å². The van der Waals surface area contributed by atoms with Gasteiger partial charge in [0.1, 0.15) is 0 Å². The first-order chi connectivity index (χ1) is 6.37. The smallest absolute Gasteiger partial charge is 0.0479 e. The number of nitrogens with two attached hydrogens (primary N) is 1. The molecular weight excluding hydrogens is 261 g/mol. The topological polar surface area (TPSA) is 26.0 Å². The summed E-state index contributed by atoms with van der Waals surface area (Å²) in [5.74, 6) is 0. The highest BCUT2D eigenvalue weighted by atomic mass is 79.9. The highest BCUT2D eigenvalue weighted by Gasteiger charge is 2.60. The fraction of sp³-hybridized carbons (Fsp3) is 0.455. The quantitative estimate of drug-likeness (QED) is 0.830. The van der Waals surface area contributed by atoms with Gasteiger partial charge < -0.3 is 5.73 Å². The lowest BCUT2D eigenvalue weighted by atomic mass is 9.97. The first-order valence-corrected chi connectivity index (χ1v) is 5.78. The normalized spacial score (nSPS) is 28.9. The van der Waals surface area contributed by atoms with Gasteiger partial charge in [-0.25, -0.2) is 0 Å². The van der Waals surface area contributed by atoms with Crippen LogP contribution < -0.4 is 5.73 Å². The molecule has 1 fully saturated rings. The molecule has 1 nitrogen and oxygen atoms in total. The summed E-state index contributed by atoms with van der Waals surface area (Å²) < 4.78 is 1.05. The van der Waals surface area contributed by atoms with Crippen molar-refractivity contribution < 1.29 is 0 Å². The zero-order valence-electron chi connectivity index (χ0n) is 8.27. The lowest BCUT2D eigenvalue weighted by molar-refractivity contribution is 0.508. The van der Waals surface area contributed by atoms with Crippen LogP contribution in [0.4, 0.5) is 0 Å². The molecule has 0 radical (unpaired) electrons. The molecule has 1 aliphatic rings. The second-order valence-corrected chi connectivity index (χ2v) is 5.95. The molecule has 0 aliphatic heterocycles. The van der Waals surface area contributed by atoms with Crippen LogP contribution in [0, 0.1) is 5.41 Å². The molecule has 76 valence electrons. The second kappa shape index (κ2) is 2.97. The van der Waals surface area contributed by atoms with Crippen LogP contribution in [0.1, 0.15) is 25.8 Å². The highest BCUT2D eigenvalue weighted by Crippen LogP contribution is 2.61. The third kappa shape index (κ3) is 1.40. The molecule has 2 N–H and O–H groups in total. The molecule has 0 heterocycles. The molecule has 0 bridgehead atoms. The van der Waals surface area contributed by atoms with Crippen molar-refractivity contribution >= 4 is 27.5 Å². The van der Waals surface area contributed by atoms with Gasteiger partial charge in [-0.3, -0.25) is 0 Å². The zero-order chi connectivity index (χ0) is 10.6. The second-order valence-electron chi connectivity index (χ2n) is 4.66. The van der Waals surface area contributed by atoms with Gasteiger partial charge in [0.2, 0.25) is 0 Å². The van der Waals surface area contributed by atoms with Gasteiger partial charge in [-0.1, -0.05) is 41.4 Å². The molecule has 0 saturated heterocycles. The van der Waals surface area contributed by atoms with E-state index < -0.39 is 0 Å². The lowest BCUT2D eigenvalue weighted by Crippen LogP contribution is -2.25. The fourth-order valence-corrected chi connectivity index (χ4v) is 2.72. The van der Waals surface area contributed by atoms with E-state index in [1.165, 1.54) is 0 Å². The molecule has 3 heteroatoms. The van der Waals surface area contributed by atoms with E-state index in [4.69, 9.17) is 17.3 Å². The molecule has 1 aliphatic carbocycles. The largest absolute Gasteiger partial charge is 0.321 e. The van der Waals surface area contributed by atoms with Crippen molar-refractivity contribution in [1.29, 1.82) is 0 Å². The minimum atomic E-state index is -0.212. The Labute approximate surface area is 97.8 Å². The monoisotopic (exact) mass is 273 g/mol. The van der Waals surface area contributed by atoms with Gasteiger partial charge in [0.15, 0.2) is 0 Å². The van der Waals surface area contributed by atoms with E-state index in [-0.39, 0.29) is 11.0 Å². The van der Waals surface area contributed by atoms with Crippen molar-refractivity contribution in [2.75, 3.05) is 0 Å². The molecule has 0 amide bonds. The van der Waals surface area contributed by atoms with Crippen LogP contribution in [0.5, 0.6) is 0 Å². The molecule has 14 heavy (non-hydrogen) atoms. The maximum Gasteiger partial charge on any atom is 0.0479 e. The highest BCUT2D eigenvalue weighted by molar-refractivity contribution is 9.10. The van der Waals surface area contributed by atoms with Crippen LogP contribution in [0.15, 0.2) is 22.7 Å². The summed E-state index contributed by atoms with van der Waals surface area (Å²) in [5.41, 5.74) is 7.42. The van der Waals surface area contributed by atoms with E-state index in [9.17, 15) is 0 Å². The standard InChI is InChI=1S/C11H13BrClN/c1-10(2)6-11(10,14)8-5-7(13)3-4-9(8)12/h3-5H,6,14H2,1-2H3. The molecular formula is C11H13BrClN. The predicted octanol–water partition coefficient (Wildman–Crippen LogP) is 3.69. The molecule has 1 aromatic rings. The number of rotatable bonds is 1. The first-order valence-electron chi connectivity index (χ1n) is 4.61. The molecule has 1 atom stereocenters. The number of halogens is 2. The van der Waals surface area contributed by atoms with Crippen molar-refractivity contribution in [3.8, 4) is 0 Å². The Kier molecular flexibility index (Phi) is 2.22. The van der Waals surface area contributed by atoms with Crippen molar-refractivity contribution in [3.63, 3.8) is 0 Å². The number of hydrogen-bond acceptors (Lipinski definition) is 1. The third-order valence-corrected chi connectivity index (χ3v) is 4.14. The van der Waals surface area contributed by atoms with E-state index >= 15 is 0 Å². The maximum atomic E-state index is 6.33. The summed E-state index contributed by atoms with van der Waals surface area (Å²) >= 11 is 9.49. The molecule has 1 aromatic carbocycles. The van der Waals surface area contributed by atoms with E-state index in [1.807, 2.05) is 18.2 Å². The summed E-state index contributed by atoms with van der Waals surface area (Å²) in [7, 11) is 0. The maximum absolute atomic E-state index is 6.33. The Balaban J connectivity index is 2.48. The first kappa shape index (κ1) is 10.5. The van der Waals surface area contributed by atoms with Crippen LogP contribution >= 0.6 is 27.5 Å². The van der Waals surface area contributed by atoms with Crippen LogP contribution in [0.3, 0.4) is 0 Å². The summed E-state index contributed by atoms with van der Waals surface area (Å²) in [6.45, 7) is 4.36. The van der Waals surface area contributed by atoms with Crippen molar-refractivity contribution in [2.24, 2.45) is 11.1 Å². The molecule has 1 unspecified atom stereocenters. The minimum Gasteiger partial charge on any atom is -0.321 e. The van der Waals surface area contributed by atoms with Crippen molar-refractivity contribution in [1.82, 2.24) is 0 Å². The fourth-order valence-electron chi connectivity index (χ4n) is 1.95. The van der Waals surface area contributed by atoms with Crippen LogP contribution in [-0.2, 0) is 5.54 Å². The number of benzene rings is 1. The Bertz CT molecular complexity index is 389. The Morgan fingerprint density at radius 1 is 1.43 bits per heavy atom. The van der Waals surface area contributed by atoms with Gasteiger partial charge in [0.05, 0.1) is 0 Å². The van der Waals surface area contributed by atoms with Crippen LogP contribution in [-0.4, -0.2) is 0 Å². The van der Waals surface area contributed by atoms with Gasteiger partial charge >= 0.3 is 0 Å². The van der Waals surface area contributed by atoms with E-state index in [0.717, 1.165) is 21.5 Å². The molecule has 0 spiro atoms. The Morgan fingerprint density at radius 2 is 2.00 bits per heavy atom. The molecule has 2 rings (SSSR count). The average molecular weight is 275 g/mol. The van der Waals surface area contributed by atoms with E-state index in [0.29, 0.717) is 0 Å². The molecule has 1 saturated carbocycles. The van der Waals surface area contributed by atoms with Gasteiger partial charge in [-0.15, -0.1) is 0 Å². The molecule has 0 aromatic heterocycles. The number of hydrogen-bond donors (Lipinski definition) is 1. The van der Waals surface area contributed by atoms with Crippen molar-refractivity contribution in [2.45, 2.75) is 25.8 Å². The Hall–Kier alpha value is -0.0500.